The van der Waals surface area contributed by atoms with Crippen LogP contribution >= 0.6 is 15.9 Å². The lowest BCUT2D eigenvalue weighted by molar-refractivity contribution is 0.174. The number of phenols is 1. The second kappa shape index (κ2) is 8.61. The van der Waals surface area contributed by atoms with Crippen LogP contribution in [0.2, 0.25) is 0 Å². The van der Waals surface area contributed by atoms with E-state index in [1.165, 1.54) is 0 Å². The first kappa shape index (κ1) is 18.3. The van der Waals surface area contributed by atoms with Gasteiger partial charge in [0, 0.05) is 19.1 Å². The average Bonchev–Trinajstić information content (AvgIpc) is 2.40. The van der Waals surface area contributed by atoms with Crippen molar-refractivity contribution in [3.63, 3.8) is 0 Å². The molecule has 0 aliphatic heterocycles. The minimum atomic E-state index is 0.171. The number of phenolic OH excluding ortho intramolecular Hbond substituents is 1. The molecule has 0 fully saturated rings. The maximum Gasteiger partial charge on any atom is 0.172 e. The van der Waals surface area contributed by atoms with Crippen LogP contribution in [0.3, 0.4) is 0 Å². The zero-order valence-corrected chi connectivity index (χ0v) is 15.3. The van der Waals surface area contributed by atoms with E-state index in [4.69, 9.17) is 4.74 Å². The van der Waals surface area contributed by atoms with Crippen molar-refractivity contribution in [1.29, 1.82) is 0 Å². The zero-order chi connectivity index (χ0) is 16.0. The van der Waals surface area contributed by atoms with Crippen LogP contribution in [0.25, 0.3) is 0 Å². The van der Waals surface area contributed by atoms with Gasteiger partial charge in [-0.25, -0.2) is 0 Å². The number of hydrogen-bond acceptors (Lipinski definition) is 4. The Bertz CT molecular complexity index is 452. The maximum absolute atomic E-state index is 9.98. The molecule has 120 valence electrons. The van der Waals surface area contributed by atoms with Gasteiger partial charge in [-0.2, -0.15) is 0 Å². The highest BCUT2D eigenvalue weighted by Crippen LogP contribution is 2.35. The minimum Gasteiger partial charge on any atom is -0.503 e. The molecule has 0 aliphatic rings. The molecular formula is C16H27BrN2O2. The molecule has 1 atom stereocenters. The lowest BCUT2D eigenvalue weighted by atomic mass is 10.1. The molecule has 21 heavy (non-hydrogen) atoms. The molecule has 1 unspecified atom stereocenters. The summed E-state index contributed by atoms with van der Waals surface area (Å²) in [6.45, 7) is 9.70. The average molecular weight is 359 g/mol. The second-order valence-electron chi connectivity index (χ2n) is 5.53. The van der Waals surface area contributed by atoms with Gasteiger partial charge in [-0.3, -0.25) is 4.90 Å². The Morgan fingerprint density at radius 1 is 1.29 bits per heavy atom. The highest BCUT2D eigenvalue weighted by molar-refractivity contribution is 9.10. The van der Waals surface area contributed by atoms with Crippen molar-refractivity contribution in [3.8, 4) is 11.5 Å². The summed E-state index contributed by atoms with van der Waals surface area (Å²) in [6, 6.07) is 4.35. The molecule has 0 aliphatic carbocycles. The minimum absolute atomic E-state index is 0.171. The van der Waals surface area contributed by atoms with Gasteiger partial charge < -0.3 is 14.7 Å². The van der Waals surface area contributed by atoms with Gasteiger partial charge in [0.1, 0.15) is 0 Å². The van der Waals surface area contributed by atoms with Crippen molar-refractivity contribution >= 4 is 15.9 Å². The molecular weight excluding hydrogens is 332 g/mol. The number of aromatic hydroxyl groups is 1. The van der Waals surface area contributed by atoms with Gasteiger partial charge in [-0.1, -0.05) is 6.92 Å². The number of rotatable bonds is 8. The van der Waals surface area contributed by atoms with Crippen LogP contribution in [0.15, 0.2) is 16.6 Å². The summed E-state index contributed by atoms with van der Waals surface area (Å²) in [5.74, 6) is 0.711. The van der Waals surface area contributed by atoms with Gasteiger partial charge in [0.05, 0.1) is 11.1 Å². The van der Waals surface area contributed by atoms with E-state index in [9.17, 15) is 5.11 Å². The molecule has 0 radical (unpaired) electrons. The van der Waals surface area contributed by atoms with Crippen molar-refractivity contribution in [2.45, 2.75) is 33.4 Å². The third-order valence-corrected chi connectivity index (χ3v) is 4.04. The van der Waals surface area contributed by atoms with Gasteiger partial charge in [0.25, 0.3) is 0 Å². The number of likely N-dealkylation sites (N-methyl/N-ethyl adjacent to an activating group) is 2. The van der Waals surface area contributed by atoms with Gasteiger partial charge in [0.2, 0.25) is 0 Å². The molecule has 0 saturated heterocycles. The third-order valence-electron chi connectivity index (χ3n) is 3.43. The number of ether oxygens (including phenoxy) is 1. The monoisotopic (exact) mass is 358 g/mol. The predicted molar refractivity (Wildman–Crippen MR) is 91.1 cm³/mol. The number of halogens is 1. The number of benzene rings is 1. The van der Waals surface area contributed by atoms with Crippen molar-refractivity contribution < 1.29 is 9.84 Å². The first-order valence-corrected chi connectivity index (χ1v) is 8.21. The fraction of sp³-hybridized carbons (Fsp3) is 0.625. The van der Waals surface area contributed by atoms with E-state index in [0.29, 0.717) is 22.9 Å². The Kier molecular flexibility index (Phi) is 7.49. The molecule has 0 bridgehead atoms. The SMILES string of the molecule is CCOc1cc(CN(CC)C(C)CN(C)C)cc(Br)c1O. The highest BCUT2D eigenvalue weighted by atomic mass is 79.9. The van der Waals surface area contributed by atoms with E-state index in [1.807, 2.05) is 19.1 Å². The van der Waals surface area contributed by atoms with Crippen molar-refractivity contribution in [2.24, 2.45) is 0 Å². The zero-order valence-electron chi connectivity index (χ0n) is 13.7. The van der Waals surface area contributed by atoms with Crippen LogP contribution in [0.1, 0.15) is 26.3 Å². The van der Waals surface area contributed by atoms with Crippen molar-refractivity contribution in [1.82, 2.24) is 9.80 Å². The summed E-state index contributed by atoms with van der Waals surface area (Å²) < 4.78 is 6.17. The predicted octanol–water partition coefficient (Wildman–Crippen LogP) is 3.33. The van der Waals surface area contributed by atoms with Crippen molar-refractivity contribution in [2.75, 3.05) is 33.8 Å². The molecule has 0 aromatic heterocycles. The largest absolute Gasteiger partial charge is 0.503 e. The van der Waals surface area contributed by atoms with E-state index >= 15 is 0 Å². The quantitative estimate of drug-likeness (QED) is 0.773. The van der Waals surface area contributed by atoms with E-state index in [1.54, 1.807) is 0 Å². The van der Waals surface area contributed by atoms with Crippen LogP contribution in [0.4, 0.5) is 0 Å². The van der Waals surface area contributed by atoms with E-state index < -0.39 is 0 Å². The fourth-order valence-electron chi connectivity index (χ4n) is 2.44. The molecule has 5 heteroatoms. The summed E-state index contributed by atoms with van der Waals surface area (Å²) in [7, 11) is 4.18. The Labute approximate surface area is 136 Å². The standard InChI is InChI=1S/C16H27BrN2O2/c1-6-19(12(3)10-18(4)5)11-13-8-14(17)16(20)15(9-13)21-7-2/h8-9,12,20H,6-7,10-11H2,1-5H3. The smallest absolute Gasteiger partial charge is 0.172 e. The summed E-state index contributed by atoms with van der Waals surface area (Å²) >= 11 is 3.40. The van der Waals surface area contributed by atoms with Crippen LogP contribution in [0, 0.1) is 0 Å². The van der Waals surface area contributed by atoms with E-state index in [-0.39, 0.29) is 5.75 Å². The van der Waals surface area contributed by atoms with Crippen LogP contribution in [-0.2, 0) is 6.54 Å². The molecule has 0 heterocycles. The Balaban J connectivity index is 2.89. The summed E-state index contributed by atoms with van der Waals surface area (Å²) in [5, 5.41) is 9.98. The summed E-state index contributed by atoms with van der Waals surface area (Å²) in [5.41, 5.74) is 1.13. The maximum atomic E-state index is 9.98. The van der Waals surface area contributed by atoms with Gasteiger partial charge in [0.15, 0.2) is 11.5 Å². The molecule has 1 aromatic carbocycles. The highest BCUT2D eigenvalue weighted by Gasteiger charge is 2.16. The molecule has 0 saturated carbocycles. The second-order valence-corrected chi connectivity index (χ2v) is 6.39. The summed E-state index contributed by atoms with van der Waals surface area (Å²) in [4.78, 5) is 4.61. The molecule has 0 amide bonds. The first-order chi connectivity index (χ1) is 9.88. The third kappa shape index (κ3) is 5.49. The Morgan fingerprint density at radius 3 is 2.48 bits per heavy atom. The van der Waals surface area contributed by atoms with Gasteiger partial charge >= 0.3 is 0 Å². The van der Waals surface area contributed by atoms with Crippen LogP contribution in [-0.4, -0.2) is 54.7 Å². The Morgan fingerprint density at radius 2 is 1.95 bits per heavy atom. The van der Waals surface area contributed by atoms with E-state index in [0.717, 1.165) is 25.2 Å². The number of nitrogens with zero attached hydrogens (tertiary/aromatic N) is 2. The fourth-order valence-corrected chi connectivity index (χ4v) is 2.93. The van der Waals surface area contributed by atoms with Crippen molar-refractivity contribution in [3.05, 3.63) is 22.2 Å². The first-order valence-electron chi connectivity index (χ1n) is 7.41. The molecule has 1 aromatic rings. The molecule has 4 nitrogen and oxygen atoms in total. The molecule has 1 rings (SSSR count). The normalized spacial score (nSPS) is 13.0. The van der Waals surface area contributed by atoms with Gasteiger partial charge in [-0.05, 0) is 68.1 Å². The molecule has 0 spiro atoms. The van der Waals surface area contributed by atoms with Crippen LogP contribution in [0.5, 0.6) is 11.5 Å². The summed E-state index contributed by atoms with van der Waals surface area (Å²) in [6.07, 6.45) is 0. The molecule has 1 N–H and O–H groups in total. The van der Waals surface area contributed by atoms with E-state index in [2.05, 4.69) is 53.7 Å². The Hall–Kier alpha value is -0.780. The van der Waals surface area contributed by atoms with Gasteiger partial charge in [-0.15, -0.1) is 0 Å². The topological polar surface area (TPSA) is 35.9 Å². The lowest BCUT2D eigenvalue weighted by Gasteiger charge is -2.30. The lowest BCUT2D eigenvalue weighted by Crippen LogP contribution is -2.39. The number of hydrogen-bond donors (Lipinski definition) is 1. The van der Waals surface area contributed by atoms with Crippen LogP contribution < -0.4 is 4.74 Å².